The molecule has 0 saturated carbocycles. The normalized spacial score (nSPS) is 16.1. The lowest BCUT2D eigenvalue weighted by molar-refractivity contribution is 0.0567. The fourth-order valence-electron chi connectivity index (χ4n) is 8.36. The van der Waals surface area contributed by atoms with Crippen molar-refractivity contribution < 1.29 is 9.59 Å². The van der Waals surface area contributed by atoms with E-state index in [-0.39, 0.29) is 17.9 Å². The first-order chi connectivity index (χ1) is 23.2. The zero-order chi connectivity index (χ0) is 31.2. The van der Waals surface area contributed by atoms with Gasteiger partial charge in [-0.05, 0) is 66.8 Å². The molecule has 0 radical (unpaired) electrons. The summed E-state index contributed by atoms with van der Waals surface area (Å²) >= 11 is 0. The molecule has 0 fully saturated rings. The van der Waals surface area contributed by atoms with E-state index in [1.807, 2.05) is 72.8 Å². The average molecular weight is 608 g/mol. The number of amides is 2. The van der Waals surface area contributed by atoms with Gasteiger partial charge in [-0.1, -0.05) is 97.1 Å². The van der Waals surface area contributed by atoms with Crippen LogP contribution in [0.25, 0.3) is 55.0 Å². The van der Waals surface area contributed by atoms with E-state index in [1.165, 1.54) is 5.56 Å². The second kappa shape index (κ2) is 9.78. The van der Waals surface area contributed by atoms with E-state index in [0.29, 0.717) is 11.1 Å². The quantitative estimate of drug-likeness (QED) is 0.188. The van der Waals surface area contributed by atoms with E-state index in [0.717, 1.165) is 79.8 Å². The highest BCUT2D eigenvalue weighted by Gasteiger charge is 2.45. The molecule has 2 aliphatic rings. The summed E-state index contributed by atoms with van der Waals surface area (Å²) in [5, 5.41) is 4.44. The van der Waals surface area contributed by atoms with E-state index in [2.05, 4.69) is 69.8 Å². The molecular weight excluding hydrogens is 578 g/mol. The fraction of sp³-hybridized carbons (Fsp3) is 0.0952. The van der Waals surface area contributed by atoms with Gasteiger partial charge in [-0.15, -0.1) is 0 Å². The van der Waals surface area contributed by atoms with Gasteiger partial charge < -0.3 is 9.13 Å². The molecule has 0 bridgehead atoms. The number of carbonyl (C=O) groups is 2. The van der Waals surface area contributed by atoms with Crippen molar-refractivity contribution in [1.82, 2.24) is 14.0 Å². The van der Waals surface area contributed by atoms with Gasteiger partial charge in [-0.2, -0.15) is 0 Å². The third-order valence-corrected chi connectivity index (χ3v) is 10.3. The summed E-state index contributed by atoms with van der Waals surface area (Å²) in [7, 11) is 0. The lowest BCUT2D eigenvalue weighted by Crippen LogP contribution is -2.36. The van der Waals surface area contributed by atoms with Crippen LogP contribution in [0.1, 0.15) is 50.7 Å². The molecular formula is C42H29N3O2. The van der Waals surface area contributed by atoms with Crippen LogP contribution in [0.3, 0.4) is 0 Å². The molecule has 2 amide bonds. The zero-order valence-electron chi connectivity index (χ0n) is 25.6. The van der Waals surface area contributed by atoms with Gasteiger partial charge in [-0.3, -0.25) is 14.5 Å². The molecule has 5 heteroatoms. The van der Waals surface area contributed by atoms with Crippen LogP contribution in [0.15, 0.2) is 133 Å². The molecule has 0 unspecified atom stereocenters. The summed E-state index contributed by atoms with van der Waals surface area (Å²) in [6.07, 6.45) is 2.63. The van der Waals surface area contributed by atoms with Crippen LogP contribution in [0.5, 0.6) is 0 Å². The molecule has 5 nitrogen and oxygen atoms in total. The van der Waals surface area contributed by atoms with Gasteiger partial charge >= 0.3 is 0 Å². The van der Waals surface area contributed by atoms with Crippen LogP contribution < -0.4 is 0 Å². The van der Waals surface area contributed by atoms with Crippen molar-refractivity contribution in [2.24, 2.45) is 0 Å². The first kappa shape index (κ1) is 26.3. The molecule has 6 aromatic carbocycles. The maximum Gasteiger partial charge on any atom is 0.264 e. The summed E-state index contributed by atoms with van der Waals surface area (Å²) in [5.41, 5.74) is 8.68. The van der Waals surface area contributed by atoms with Crippen LogP contribution in [-0.2, 0) is 6.42 Å². The zero-order valence-corrected chi connectivity index (χ0v) is 25.6. The standard InChI is InChI=1S/C42H29N3O2/c46-41-39-37(43-33-19-7-3-15-28(33)29-16-4-8-20-34(29)43)24-25-38(44-35-21-9-5-17-30(35)31-18-6-10-22-36(31)44)40(39)42(47)45(41)32-23-11-13-26-12-1-2-14-27(26)32/h1-10,12,14-22,24-25,32H,11,13,23H2/t32-/m0/s1. The third-order valence-electron chi connectivity index (χ3n) is 10.3. The smallest absolute Gasteiger partial charge is 0.264 e. The number of aromatic nitrogens is 2. The van der Waals surface area contributed by atoms with Gasteiger partial charge in [0.2, 0.25) is 0 Å². The topological polar surface area (TPSA) is 47.2 Å². The van der Waals surface area contributed by atoms with Gasteiger partial charge in [0.1, 0.15) is 0 Å². The van der Waals surface area contributed by atoms with E-state index in [4.69, 9.17) is 0 Å². The van der Waals surface area contributed by atoms with Gasteiger partial charge in [-0.25, -0.2) is 0 Å². The number of aryl methyl sites for hydroxylation is 1. The molecule has 1 aliphatic heterocycles. The van der Waals surface area contributed by atoms with Crippen LogP contribution in [0.4, 0.5) is 0 Å². The number of imide groups is 1. The molecule has 1 aliphatic carbocycles. The molecule has 10 rings (SSSR count). The number of fused-ring (bicyclic) bond motifs is 8. The van der Waals surface area contributed by atoms with Crippen molar-refractivity contribution in [2.75, 3.05) is 0 Å². The van der Waals surface area contributed by atoms with Crippen molar-refractivity contribution in [2.45, 2.75) is 25.3 Å². The maximum absolute atomic E-state index is 15.0. The Kier molecular flexibility index (Phi) is 5.47. The fourth-order valence-corrected chi connectivity index (χ4v) is 8.36. The molecule has 224 valence electrons. The monoisotopic (exact) mass is 607 g/mol. The van der Waals surface area contributed by atoms with Crippen LogP contribution in [0, 0.1) is 0 Å². The first-order valence-corrected chi connectivity index (χ1v) is 16.3. The minimum absolute atomic E-state index is 0.230. The van der Waals surface area contributed by atoms with Crippen LogP contribution >= 0.6 is 0 Å². The Morgan fingerprint density at radius 1 is 0.468 bits per heavy atom. The van der Waals surface area contributed by atoms with Crippen LogP contribution in [-0.4, -0.2) is 25.8 Å². The van der Waals surface area contributed by atoms with E-state index >= 15 is 9.59 Å². The number of rotatable bonds is 3. The molecule has 0 saturated heterocycles. The van der Waals surface area contributed by atoms with Crippen molar-refractivity contribution in [3.8, 4) is 11.4 Å². The summed E-state index contributed by atoms with van der Waals surface area (Å²) in [6, 6.07) is 45.2. The van der Waals surface area contributed by atoms with E-state index < -0.39 is 0 Å². The number of hydrogen-bond acceptors (Lipinski definition) is 2. The Labute approximate surface area is 270 Å². The first-order valence-electron chi connectivity index (χ1n) is 16.3. The Hall–Kier alpha value is -5.94. The molecule has 47 heavy (non-hydrogen) atoms. The van der Waals surface area contributed by atoms with Gasteiger partial charge in [0.25, 0.3) is 11.8 Å². The highest BCUT2D eigenvalue weighted by Crippen LogP contribution is 2.45. The molecule has 1 atom stereocenters. The summed E-state index contributed by atoms with van der Waals surface area (Å²) < 4.78 is 4.34. The predicted molar refractivity (Wildman–Crippen MR) is 188 cm³/mol. The number of hydrogen-bond donors (Lipinski definition) is 0. The minimum Gasteiger partial charge on any atom is -0.308 e. The Morgan fingerprint density at radius 2 is 0.872 bits per heavy atom. The Balaban J connectivity index is 1.31. The lowest BCUT2D eigenvalue weighted by atomic mass is 9.87. The Morgan fingerprint density at radius 3 is 1.34 bits per heavy atom. The summed E-state index contributed by atoms with van der Waals surface area (Å²) in [5.74, 6) is -0.461. The second-order valence-electron chi connectivity index (χ2n) is 12.7. The SMILES string of the molecule is O=C1c2c(-n3c4ccccc4c4ccccc43)ccc(-n3c4ccccc4c4ccccc43)c2C(=O)N1[C@H]1CCCc2ccccc21. The van der Waals surface area contributed by atoms with Gasteiger partial charge in [0.05, 0.1) is 50.6 Å². The minimum atomic E-state index is -0.315. The third kappa shape index (κ3) is 3.54. The van der Waals surface area contributed by atoms with E-state index in [9.17, 15) is 0 Å². The maximum atomic E-state index is 15.0. The lowest BCUT2D eigenvalue weighted by Gasteiger charge is -2.31. The summed E-state index contributed by atoms with van der Waals surface area (Å²) in [4.78, 5) is 31.6. The van der Waals surface area contributed by atoms with Gasteiger partial charge in [0, 0.05) is 21.5 Å². The highest BCUT2D eigenvalue weighted by atomic mass is 16.2. The van der Waals surface area contributed by atoms with Crippen molar-refractivity contribution in [3.05, 3.63) is 156 Å². The number of benzene rings is 6. The second-order valence-corrected chi connectivity index (χ2v) is 12.7. The number of carbonyl (C=O) groups excluding carboxylic acids is 2. The number of nitrogens with zero attached hydrogens (tertiary/aromatic N) is 3. The van der Waals surface area contributed by atoms with Crippen molar-refractivity contribution >= 4 is 55.4 Å². The highest BCUT2D eigenvalue weighted by molar-refractivity contribution is 6.26. The molecule has 8 aromatic rings. The molecule has 3 heterocycles. The molecule has 2 aromatic heterocycles. The number of para-hydroxylation sites is 4. The molecule has 0 spiro atoms. The van der Waals surface area contributed by atoms with Crippen molar-refractivity contribution in [3.63, 3.8) is 0 Å². The van der Waals surface area contributed by atoms with Gasteiger partial charge in [0.15, 0.2) is 0 Å². The van der Waals surface area contributed by atoms with E-state index in [1.54, 1.807) is 4.90 Å². The largest absolute Gasteiger partial charge is 0.308 e. The Bertz CT molecular complexity index is 2360. The van der Waals surface area contributed by atoms with Crippen molar-refractivity contribution in [1.29, 1.82) is 0 Å². The van der Waals surface area contributed by atoms with Crippen LogP contribution in [0.2, 0.25) is 0 Å². The summed E-state index contributed by atoms with van der Waals surface area (Å²) in [6.45, 7) is 0. The molecule has 0 N–H and O–H groups in total. The predicted octanol–water partition coefficient (Wildman–Crippen LogP) is 9.55. The average Bonchev–Trinajstić information content (AvgIpc) is 3.73.